The molecule has 0 aliphatic heterocycles. The molecule has 1 aromatic carbocycles. The lowest BCUT2D eigenvalue weighted by molar-refractivity contribution is -0.116. The van der Waals surface area contributed by atoms with Crippen molar-refractivity contribution in [3.63, 3.8) is 0 Å². The molecule has 0 fully saturated rings. The Labute approximate surface area is 111 Å². The van der Waals surface area contributed by atoms with E-state index in [1.54, 1.807) is 4.68 Å². The molecule has 1 aromatic heterocycles. The van der Waals surface area contributed by atoms with E-state index in [0.717, 1.165) is 16.9 Å². The van der Waals surface area contributed by atoms with E-state index in [1.807, 2.05) is 32.2 Å². The number of nitrogens with zero attached hydrogens (tertiary/aromatic N) is 4. The van der Waals surface area contributed by atoms with Crippen molar-refractivity contribution in [3.05, 3.63) is 30.1 Å². The topological polar surface area (TPSA) is 84.7 Å². The molecule has 1 amide bonds. The Hall–Kier alpha value is -2.28. The zero-order chi connectivity index (χ0) is 13.7. The van der Waals surface area contributed by atoms with Crippen LogP contribution < -0.4 is 10.6 Å². The number of anilines is 1. The lowest BCUT2D eigenvalue weighted by atomic mass is 10.1. The number of carbonyl (C=O) groups excluding carboxylic acids is 1. The first kappa shape index (κ1) is 13.2. The van der Waals surface area contributed by atoms with Gasteiger partial charge in [0, 0.05) is 18.7 Å². The summed E-state index contributed by atoms with van der Waals surface area (Å²) in [4.78, 5) is 11.7. The molecule has 2 N–H and O–H groups in total. The van der Waals surface area contributed by atoms with E-state index in [0.29, 0.717) is 13.0 Å². The molecule has 0 aliphatic rings. The van der Waals surface area contributed by atoms with Crippen LogP contribution in [0.4, 0.5) is 5.69 Å². The molecule has 0 atom stereocenters. The van der Waals surface area contributed by atoms with Crippen molar-refractivity contribution in [2.75, 3.05) is 18.9 Å². The number of tetrazole rings is 1. The summed E-state index contributed by atoms with van der Waals surface area (Å²) in [6.07, 6.45) is 1.95. The third-order valence-corrected chi connectivity index (χ3v) is 2.71. The van der Waals surface area contributed by atoms with Crippen LogP contribution in [0.25, 0.3) is 5.69 Å². The van der Waals surface area contributed by atoms with E-state index in [4.69, 9.17) is 0 Å². The van der Waals surface area contributed by atoms with Crippen molar-refractivity contribution in [1.29, 1.82) is 0 Å². The van der Waals surface area contributed by atoms with Gasteiger partial charge < -0.3 is 10.6 Å². The number of carbonyl (C=O) groups is 1. The quantitative estimate of drug-likeness (QED) is 0.818. The van der Waals surface area contributed by atoms with Crippen molar-refractivity contribution >= 4 is 11.6 Å². The highest BCUT2D eigenvalue weighted by molar-refractivity contribution is 5.91. The van der Waals surface area contributed by atoms with Crippen molar-refractivity contribution in [1.82, 2.24) is 25.5 Å². The van der Waals surface area contributed by atoms with Gasteiger partial charge in [-0.05, 0) is 42.1 Å². The summed E-state index contributed by atoms with van der Waals surface area (Å²) in [7, 11) is 1.82. The lowest BCUT2D eigenvalue weighted by Crippen LogP contribution is -2.19. The molecular weight excluding hydrogens is 244 g/mol. The van der Waals surface area contributed by atoms with Crippen molar-refractivity contribution < 1.29 is 4.79 Å². The van der Waals surface area contributed by atoms with Gasteiger partial charge in [0.1, 0.15) is 6.33 Å². The molecule has 0 spiro atoms. The fourth-order valence-electron chi connectivity index (χ4n) is 1.62. The average Bonchev–Trinajstić information content (AvgIpc) is 2.93. The van der Waals surface area contributed by atoms with Gasteiger partial charge in [0.05, 0.1) is 5.69 Å². The van der Waals surface area contributed by atoms with E-state index in [9.17, 15) is 4.79 Å². The normalized spacial score (nSPS) is 10.4. The van der Waals surface area contributed by atoms with Crippen LogP contribution in [0.2, 0.25) is 0 Å². The van der Waals surface area contributed by atoms with Crippen molar-refractivity contribution in [2.45, 2.75) is 13.3 Å². The third kappa shape index (κ3) is 3.35. The number of nitrogens with one attached hydrogen (secondary N) is 2. The average molecular weight is 260 g/mol. The van der Waals surface area contributed by atoms with Gasteiger partial charge in [-0.1, -0.05) is 6.07 Å². The molecule has 0 saturated heterocycles. The van der Waals surface area contributed by atoms with Crippen molar-refractivity contribution in [2.24, 2.45) is 0 Å². The van der Waals surface area contributed by atoms with Gasteiger partial charge in [0.25, 0.3) is 0 Å². The highest BCUT2D eigenvalue weighted by Crippen LogP contribution is 2.19. The summed E-state index contributed by atoms with van der Waals surface area (Å²) >= 11 is 0. The Kier molecular flexibility index (Phi) is 4.19. The fraction of sp³-hybridized carbons (Fsp3) is 0.333. The summed E-state index contributed by atoms with van der Waals surface area (Å²) in [5.41, 5.74) is 2.57. The van der Waals surface area contributed by atoms with Crippen LogP contribution in [-0.2, 0) is 4.79 Å². The lowest BCUT2D eigenvalue weighted by Gasteiger charge is -2.10. The summed E-state index contributed by atoms with van der Waals surface area (Å²) in [5, 5.41) is 16.8. The molecule has 1 heterocycles. The van der Waals surface area contributed by atoms with Crippen molar-refractivity contribution in [3.8, 4) is 5.69 Å². The van der Waals surface area contributed by atoms with Gasteiger partial charge >= 0.3 is 0 Å². The van der Waals surface area contributed by atoms with Gasteiger partial charge in [-0.2, -0.15) is 0 Å². The Morgan fingerprint density at radius 3 is 2.95 bits per heavy atom. The summed E-state index contributed by atoms with van der Waals surface area (Å²) < 4.78 is 1.54. The smallest absolute Gasteiger partial charge is 0.225 e. The number of aromatic nitrogens is 4. The van der Waals surface area contributed by atoms with Crippen LogP contribution in [0, 0.1) is 6.92 Å². The largest absolute Gasteiger partial charge is 0.326 e. The second-order valence-electron chi connectivity index (χ2n) is 4.16. The number of hydrogen-bond acceptors (Lipinski definition) is 5. The molecular formula is C12H16N6O. The number of aryl methyl sites for hydroxylation is 1. The SMILES string of the molecule is CNCCC(=O)Nc1cc(-n2cnnn2)ccc1C. The number of hydrogen-bond donors (Lipinski definition) is 2. The van der Waals surface area contributed by atoms with E-state index in [-0.39, 0.29) is 5.91 Å². The minimum absolute atomic E-state index is 0.0219. The molecule has 0 bridgehead atoms. The maximum absolute atomic E-state index is 11.7. The first-order valence-electron chi connectivity index (χ1n) is 5.99. The second kappa shape index (κ2) is 6.05. The second-order valence-corrected chi connectivity index (χ2v) is 4.16. The molecule has 100 valence electrons. The maximum atomic E-state index is 11.7. The molecule has 2 aromatic rings. The highest BCUT2D eigenvalue weighted by Gasteiger charge is 2.06. The first-order valence-corrected chi connectivity index (χ1v) is 5.99. The standard InChI is InChI=1S/C12H16N6O/c1-9-3-4-10(18-8-14-16-17-18)7-11(9)15-12(19)5-6-13-2/h3-4,7-8,13H,5-6H2,1-2H3,(H,15,19). The fourth-order valence-corrected chi connectivity index (χ4v) is 1.62. The predicted molar refractivity (Wildman–Crippen MR) is 71.1 cm³/mol. The van der Waals surface area contributed by atoms with Crippen LogP contribution in [0.1, 0.15) is 12.0 Å². The van der Waals surface area contributed by atoms with Crippen LogP contribution in [0.15, 0.2) is 24.5 Å². The first-order chi connectivity index (χ1) is 9.20. The van der Waals surface area contributed by atoms with E-state index in [1.165, 1.54) is 6.33 Å². The number of amides is 1. The van der Waals surface area contributed by atoms with Gasteiger partial charge in [0.15, 0.2) is 0 Å². The molecule has 2 rings (SSSR count). The zero-order valence-corrected chi connectivity index (χ0v) is 10.9. The van der Waals surface area contributed by atoms with Crippen LogP contribution in [-0.4, -0.2) is 39.7 Å². The predicted octanol–water partition coefficient (Wildman–Crippen LogP) is 0.519. The Morgan fingerprint density at radius 1 is 1.42 bits per heavy atom. The van der Waals surface area contributed by atoms with E-state index in [2.05, 4.69) is 26.2 Å². The summed E-state index contributed by atoms with van der Waals surface area (Å²) in [6, 6.07) is 5.67. The molecule has 0 aliphatic carbocycles. The number of benzene rings is 1. The summed E-state index contributed by atoms with van der Waals surface area (Å²) in [6.45, 7) is 2.59. The van der Waals surface area contributed by atoms with E-state index < -0.39 is 0 Å². The molecule has 7 nitrogen and oxygen atoms in total. The summed E-state index contributed by atoms with van der Waals surface area (Å²) in [5.74, 6) is -0.0219. The molecule has 0 radical (unpaired) electrons. The maximum Gasteiger partial charge on any atom is 0.225 e. The minimum Gasteiger partial charge on any atom is -0.326 e. The molecule has 0 saturated carbocycles. The van der Waals surface area contributed by atoms with E-state index >= 15 is 0 Å². The Bertz CT molecular complexity index is 551. The Morgan fingerprint density at radius 2 is 2.26 bits per heavy atom. The highest BCUT2D eigenvalue weighted by atomic mass is 16.1. The van der Waals surface area contributed by atoms with Gasteiger partial charge in [-0.25, -0.2) is 4.68 Å². The molecule has 19 heavy (non-hydrogen) atoms. The molecule has 0 unspecified atom stereocenters. The van der Waals surface area contributed by atoms with Crippen LogP contribution >= 0.6 is 0 Å². The number of rotatable bonds is 5. The van der Waals surface area contributed by atoms with Gasteiger partial charge in [0.2, 0.25) is 5.91 Å². The van der Waals surface area contributed by atoms with Gasteiger partial charge in [-0.3, -0.25) is 4.79 Å². The zero-order valence-electron chi connectivity index (χ0n) is 10.9. The van der Waals surface area contributed by atoms with Crippen LogP contribution in [0.3, 0.4) is 0 Å². The minimum atomic E-state index is -0.0219. The van der Waals surface area contributed by atoms with Crippen LogP contribution in [0.5, 0.6) is 0 Å². The third-order valence-electron chi connectivity index (χ3n) is 2.71. The van der Waals surface area contributed by atoms with Gasteiger partial charge in [-0.15, -0.1) is 5.10 Å². The Balaban J connectivity index is 2.16. The monoisotopic (exact) mass is 260 g/mol. The molecule has 7 heteroatoms.